The minimum absolute atomic E-state index is 0.0833. The SMILES string of the molecule is CC(C)OC(C1=CCC=C1)c1ccccc1. The predicted octanol–water partition coefficient (Wildman–Crippen LogP) is 4.04. The molecule has 1 aromatic carbocycles. The summed E-state index contributed by atoms with van der Waals surface area (Å²) in [7, 11) is 0. The molecule has 1 aliphatic rings. The van der Waals surface area contributed by atoms with Crippen LogP contribution in [0.4, 0.5) is 0 Å². The molecule has 0 aliphatic heterocycles. The first kappa shape index (κ1) is 11.2. The van der Waals surface area contributed by atoms with E-state index in [0.29, 0.717) is 0 Å². The molecule has 0 heterocycles. The van der Waals surface area contributed by atoms with Crippen LogP contribution in [-0.2, 0) is 4.74 Å². The van der Waals surface area contributed by atoms with Crippen LogP contribution in [0.1, 0.15) is 31.9 Å². The second kappa shape index (κ2) is 5.13. The third-order valence-corrected chi connectivity index (χ3v) is 2.61. The molecule has 1 unspecified atom stereocenters. The summed E-state index contributed by atoms with van der Waals surface area (Å²) in [5.41, 5.74) is 2.51. The molecule has 0 saturated heterocycles. The smallest absolute Gasteiger partial charge is 0.108 e. The Hall–Kier alpha value is -1.34. The van der Waals surface area contributed by atoms with Crippen molar-refractivity contribution in [2.45, 2.75) is 32.5 Å². The van der Waals surface area contributed by atoms with E-state index in [1.165, 1.54) is 11.1 Å². The molecule has 0 fully saturated rings. The fourth-order valence-electron chi connectivity index (χ4n) is 1.92. The summed E-state index contributed by atoms with van der Waals surface area (Å²) in [6.07, 6.45) is 7.93. The van der Waals surface area contributed by atoms with E-state index in [9.17, 15) is 0 Å². The van der Waals surface area contributed by atoms with Crippen molar-refractivity contribution in [1.29, 1.82) is 0 Å². The van der Waals surface area contributed by atoms with Gasteiger partial charge < -0.3 is 4.74 Å². The highest BCUT2D eigenvalue weighted by Crippen LogP contribution is 2.30. The zero-order valence-electron chi connectivity index (χ0n) is 9.89. The van der Waals surface area contributed by atoms with E-state index in [1.54, 1.807) is 0 Å². The molecule has 1 aliphatic carbocycles. The summed E-state index contributed by atoms with van der Waals surface area (Å²) in [6.45, 7) is 4.16. The molecule has 1 atom stereocenters. The maximum Gasteiger partial charge on any atom is 0.108 e. The number of benzene rings is 1. The fourth-order valence-corrected chi connectivity index (χ4v) is 1.92. The van der Waals surface area contributed by atoms with E-state index in [4.69, 9.17) is 4.74 Å². The van der Waals surface area contributed by atoms with Gasteiger partial charge in [-0.1, -0.05) is 48.6 Å². The monoisotopic (exact) mass is 214 g/mol. The van der Waals surface area contributed by atoms with E-state index in [0.717, 1.165) is 6.42 Å². The molecule has 0 bridgehead atoms. The van der Waals surface area contributed by atoms with Gasteiger partial charge in [-0.15, -0.1) is 0 Å². The number of hydrogen-bond donors (Lipinski definition) is 0. The van der Waals surface area contributed by atoms with Crippen LogP contribution in [0.2, 0.25) is 0 Å². The lowest BCUT2D eigenvalue weighted by molar-refractivity contribution is 0.0301. The summed E-state index contributed by atoms with van der Waals surface area (Å²) in [6, 6.07) is 10.4. The number of rotatable bonds is 4. The third kappa shape index (κ3) is 2.61. The van der Waals surface area contributed by atoms with Crippen molar-refractivity contribution in [2.24, 2.45) is 0 Å². The van der Waals surface area contributed by atoms with Crippen molar-refractivity contribution in [3.63, 3.8) is 0 Å². The minimum atomic E-state index is 0.0833. The second-order valence-electron chi connectivity index (χ2n) is 4.32. The average molecular weight is 214 g/mol. The van der Waals surface area contributed by atoms with E-state index < -0.39 is 0 Å². The standard InChI is InChI=1S/C15H18O/c1-12(2)16-15(14-10-6-7-11-14)13-8-4-3-5-9-13/h3-6,8-12,15H,7H2,1-2H3. The van der Waals surface area contributed by atoms with Gasteiger partial charge in [-0.2, -0.15) is 0 Å². The maximum atomic E-state index is 6.00. The predicted molar refractivity (Wildman–Crippen MR) is 67.2 cm³/mol. The van der Waals surface area contributed by atoms with Crippen LogP contribution in [0.3, 0.4) is 0 Å². The summed E-state index contributed by atoms with van der Waals surface area (Å²) >= 11 is 0. The van der Waals surface area contributed by atoms with Crippen molar-refractivity contribution >= 4 is 0 Å². The highest BCUT2D eigenvalue weighted by atomic mass is 16.5. The molecule has 0 N–H and O–H groups in total. The normalized spacial score (nSPS) is 16.6. The molecule has 1 nitrogen and oxygen atoms in total. The van der Waals surface area contributed by atoms with Gasteiger partial charge in [-0.3, -0.25) is 0 Å². The molecular weight excluding hydrogens is 196 g/mol. The molecule has 1 aromatic rings. The second-order valence-corrected chi connectivity index (χ2v) is 4.32. The Balaban J connectivity index is 2.24. The molecule has 16 heavy (non-hydrogen) atoms. The highest BCUT2D eigenvalue weighted by Gasteiger charge is 2.17. The molecule has 1 heteroatoms. The van der Waals surface area contributed by atoms with Crippen molar-refractivity contribution in [3.05, 3.63) is 59.7 Å². The van der Waals surface area contributed by atoms with Gasteiger partial charge in [0.2, 0.25) is 0 Å². The summed E-state index contributed by atoms with van der Waals surface area (Å²) in [5.74, 6) is 0. The first-order valence-corrected chi connectivity index (χ1v) is 5.84. The first-order valence-electron chi connectivity index (χ1n) is 5.84. The Kier molecular flexibility index (Phi) is 3.58. The molecular formula is C15H18O. The van der Waals surface area contributed by atoms with Crippen molar-refractivity contribution in [1.82, 2.24) is 0 Å². The molecule has 2 rings (SSSR count). The average Bonchev–Trinajstić information content (AvgIpc) is 2.80. The quantitative estimate of drug-likeness (QED) is 0.735. The maximum absolute atomic E-state index is 6.00. The van der Waals surface area contributed by atoms with Crippen LogP contribution in [-0.4, -0.2) is 6.10 Å². The fraction of sp³-hybridized carbons (Fsp3) is 0.333. The minimum Gasteiger partial charge on any atom is -0.366 e. The van der Waals surface area contributed by atoms with E-state index in [2.05, 4.69) is 56.3 Å². The van der Waals surface area contributed by atoms with Gasteiger partial charge in [0.1, 0.15) is 6.10 Å². The van der Waals surface area contributed by atoms with Crippen LogP contribution in [0, 0.1) is 0 Å². The lowest BCUT2D eigenvalue weighted by Gasteiger charge is -2.21. The Morgan fingerprint density at radius 2 is 1.88 bits per heavy atom. The lowest BCUT2D eigenvalue weighted by Crippen LogP contribution is -2.11. The van der Waals surface area contributed by atoms with E-state index >= 15 is 0 Å². The Bertz CT molecular complexity index is 387. The molecule has 0 aromatic heterocycles. The van der Waals surface area contributed by atoms with Crippen molar-refractivity contribution < 1.29 is 4.74 Å². The Morgan fingerprint density at radius 3 is 2.44 bits per heavy atom. The van der Waals surface area contributed by atoms with E-state index in [-0.39, 0.29) is 12.2 Å². The van der Waals surface area contributed by atoms with Gasteiger partial charge in [0.15, 0.2) is 0 Å². The first-order chi connectivity index (χ1) is 7.77. The van der Waals surface area contributed by atoms with Gasteiger partial charge in [0.25, 0.3) is 0 Å². The largest absolute Gasteiger partial charge is 0.366 e. The molecule has 0 amide bonds. The highest BCUT2D eigenvalue weighted by molar-refractivity contribution is 5.36. The van der Waals surface area contributed by atoms with Gasteiger partial charge in [-0.05, 0) is 31.4 Å². The van der Waals surface area contributed by atoms with Gasteiger partial charge >= 0.3 is 0 Å². The van der Waals surface area contributed by atoms with Gasteiger partial charge in [0.05, 0.1) is 6.10 Å². The van der Waals surface area contributed by atoms with Crippen LogP contribution in [0.15, 0.2) is 54.1 Å². The lowest BCUT2D eigenvalue weighted by atomic mass is 10.0. The molecule has 0 spiro atoms. The van der Waals surface area contributed by atoms with Crippen LogP contribution >= 0.6 is 0 Å². The van der Waals surface area contributed by atoms with Crippen molar-refractivity contribution in [3.8, 4) is 0 Å². The molecule has 0 saturated carbocycles. The topological polar surface area (TPSA) is 9.23 Å². The van der Waals surface area contributed by atoms with Crippen molar-refractivity contribution in [2.75, 3.05) is 0 Å². The zero-order valence-corrected chi connectivity index (χ0v) is 9.89. The van der Waals surface area contributed by atoms with Crippen LogP contribution in [0.5, 0.6) is 0 Å². The van der Waals surface area contributed by atoms with Gasteiger partial charge in [-0.25, -0.2) is 0 Å². The number of hydrogen-bond acceptors (Lipinski definition) is 1. The Labute approximate surface area is 97.4 Å². The van der Waals surface area contributed by atoms with E-state index in [1.807, 2.05) is 6.07 Å². The number of ether oxygens (including phenoxy) is 1. The Morgan fingerprint density at radius 1 is 1.12 bits per heavy atom. The molecule has 84 valence electrons. The van der Waals surface area contributed by atoms with Crippen LogP contribution < -0.4 is 0 Å². The molecule has 0 radical (unpaired) electrons. The summed E-state index contributed by atoms with van der Waals surface area (Å²) in [5, 5.41) is 0. The van der Waals surface area contributed by atoms with Crippen LogP contribution in [0.25, 0.3) is 0 Å². The third-order valence-electron chi connectivity index (χ3n) is 2.61. The number of allylic oxidation sites excluding steroid dienone is 2. The zero-order chi connectivity index (χ0) is 11.4. The summed E-state index contributed by atoms with van der Waals surface area (Å²) in [4.78, 5) is 0. The van der Waals surface area contributed by atoms with Gasteiger partial charge in [0, 0.05) is 0 Å². The summed E-state index contributed by atoms with van der Waals surface area (Å²) < 4.78 is 6.00.